The van der Waals surface area contributed by atoms with Gasteiger partial charge in [-0.2, -0.15) is 4.99 Å². The summed E-state index contributed by atoms with van der Waals surface area (Å²) in [4.78, 5) is 17.4. The molecule has 1 aromatic heterocycles. The molecular formula is C21H28BrN3O2. The molecule has 0 radical (unpaired) electrons. The average molecular weight is 434 g/mol. The molecule has 1 amide bonds. The van der Waals surface area contributed by atoms with Crippen LogP contribution in [0.1, 0.15) is 55.2 Å². The average Bonchev–Trinajstić information content (AvgIpc) is 3.20. The Labute approximate surface area is 169 Å². The highest BCUT2D eigenvalue weighted by molar-refractivity contribution is 9.10. The summed E-state index contributed by atoms with van der Waals surface area (Å²) in [5, 5.41) is 0. The molecule has 1 aliphatic heterocycles. The van der Waals surface area contributed by atoms with Gasteiger partial charge in [0.1, 0.15) is 0 Å². The minimum absolute atomic E-state index is 0.0478. The first-order valence-electron chi connectivity index (χ1n) is 9.41. The molecule has 1 aliphatic rings. The first-order chi connectivity index (χ1) is 12.7. The van der Waals surface area contributed by atoms with Crippen LogP contribution in [0, 0.1) is 6.92 Å². The summed E-state index contributed by atoms with van der Waals surface area (Å²) in [5.74, 6) is -0.238. The molecule has 0 aliphatic carbocycles. The number of amides is 1. The van der Waals surface area contributed by atoms with Crippen molar-refractivity contribution < 1.29 is 9.53 Å². The molecule has 5 nitrogen and oxygen atoms in total. The fourth-order valence-electron chi connectivity index (χ4n) is 3.54. The second-order valence-electron chi connectivity index (χ2n) is 8.23. The lowest BCUT2D eigenvalue weighted by atomic mass is 9.92. The number of aryl methyl sites for hydroxylation is 1. The largest absolute Gasteiger partial charge is 0.376 e. The van der Waals surface area contributed by atoms with Crippen molar-refractivity contribution >= 4 is 21.8 Å². The molecule has 1 saturated heterocycles. The van der Waals surface area contributed by atoms with E-state index in [-0.39, 0.29) is 17.4 Å². The summed E-state index contributed by atoms with van der Waals surface area (Å²) < 4.78 is 10.8. The predicted octanol–water partition coefficient (Wildman–Crippen LogP) is 4.12. The van der Waals surface area contributed by atoms with Gasteiger partial charge in [0, 0.05) is 35.3 Å². The SMILES string of the molecule is Cc1cccc(C(=O)N=c2cc(C(C)(C)C)n(C)n2C[C@H]2CCCO2)c1Br. The first-order valence-corrected chi connectivity index (χ1v) is 10.2. The van der Waals surface area contributed by atoms with Crippen LogP contribution in [0.4, 0.5) is 0 Å². The smallest absolute Gasteiger partial charge is 0.280 e. The summed E-state index contributed by atoms with van der Waals surface area (Å²) in [6.07, 6.45) is 2.30. The number of hydrogen-bond donors (Lipinski definition) is 0. The van der Waals surface area contributed by atoms with Crippen molar-refractivity contribution in [2.45, 2.75) is 58.6 Å². The lowest BCUT2D eigenvalue weighted by Crippen LogP contribution is -2.30. The second-order valence-corrected chi connectivity index (χ2v) is 9.02. The Kier molecular flexibility index (Phi) is 5.77. The number of hydrogen-bond acceptors (Lipinski definition) is 2. The van der Waals surface area contributed by atoms with Crippen LogP contribution < -0.4 is 5.49 Å². The van der Waals surface area contributed by atoms with E-state index in [1.165, 1.54) is 0 Å². The van der Waals surface area contributed by atoms with Crippen LogP contribution in [0.2, 0.25) is 0 Å². The maximum absolute atomic E-state index is 12.9. The van der Waals surface area contributed by atoms with Crippen LogP contribution in [0.3, 0.4) is 0 Å². The zero-order chi connectivity index (χ0) is 19.8. The van der Waals surface area contributed by atoms with Crippen LogP contribution in [0.25, 0.3) is 0 Å². The second kappa shape index (κ2) is 7.76. The van der Waals surface area contributed by atoms with Crippen molar-refractivity contribution in [1.82, 2.24) is 9.36 Å². The van der Waals surface area contributed by atoms with E-state index in [2.05, 4.69) is 51.1 Å². The molecule has 0 unspecified atom stereocenters. The third kappa shape index (κ3) is 4.27. The van der Waals surface area contributed by atoms with Gasteiger partial charge in [-0.3, -0.25) is 14.2 Å². The molecule has 0 saturated carbocycles. The highest BCUT2D eigenvalue weighted by atomic mass is 79.9. The number of ether oxygens (including phenoxy) is 1. The van der Waals surface area contributed by atoms with Gasteiger partial charge in [0.25, 0.3) is 5.91 Å². The molecule has 2 heterocycles. The number of carbonyl (C=O) groups is 1. The van der Waals surface area contributed by atoms with E-state index in [1.54, 1.807) is 6.07 Å². The molecule has 1 aromatic carbocycles. The van der Waals surface area contributed by atoms with Gasteiger partial charge < -0.3 is 4.74 Å². The minimum atomic E-state index is -0.238. The standard InChI is InChI=1S/C21H28BrN3O2/c1-14-8-6-10-16(19(14)22)20(26)23-18-12-17(21(2,3)4)24(5)25(18)13-15-9-7-11-27-15/h6,8,10,12,15H,7,9,11,13H2,1-5H3/t15-/m1/s1. The highest BCUT2D eigenvalue weighted by Crippen LogP contribution is 2.23. The van der Waals surface area contributed by atoms with Crippen molar-refractivity contribution in [2.75, 3.05) is 6.61 Å². The highest BCUT2D eigenvalue weighted by Gasteiger charge is 2.23. The van der Waals surface area contributed by atoms with Crippen molar-refractivity contribution in [3.63, 3.8) is 0 Å². The Morgan fingerprint density at radius 2 is 2.11 bits per heavy atom. The Hall–Kier alpha value is -1.66. The molecule has 1 atom stereocenters. The van der Waals surface area contributed by atoms with Gasteiger partial charge >= 0.3 is 0 Å². The molecular weight excluding hydrogens is 406 g/mol. The van der Waals surface area contributed by atoms with Crippen LogP contribution >= 0.6 is 15.9 Å². The zero-order valence-corrected chi connectivity index (χ0v) is 18.3. The Morgan fingerprint density at radius 1 is 1.37 bits per heavy atom. The third-order valence-corrected chi connectivity index (χ3v) is 6.10. The van der Waals surface area contributed by atoms with Gasteiger partial charge in [0.05, 0.1) is 18.2 Å². The quantitative estimate of drug-likeness (QED) is 0.730. The van der Waals surface area contributed by atoms with Gasteiger partial charge in [-0.1, -0.05) is 32.9 Å². The summed E-state index contributed by atoms with van der Waals surface area (Å²) in [6, 6.07) is 7.69. The molecule has 0 bridgehead atoms. The van der Waals surface area contributed by atoms with Crippen LogP contribution in [0.5, 0.6) is 0 Å². The lowest BCUT2D eigenvalue weighted by Gasteiger charge is -2.21. The van der Waals surface area contributed by atoms with E-state index in [4.69, 9.17) is 4.74 Å². The van der Waals surface area contributed by atoms with Crippen LogP contribution in [-0.4, -0.2) is 28.0 Å². The molecule has 0 N–H and O–H groups in total. The number of nitrogens with zero attached hydrogens (tertiary/aromatic N) is 3. The van der Waals surface area contributed by atoms with Crippen molar-refractivity contribution in [1.29, 1.82) is 0 Å². The Bertz CT molecular complexity index is 912. The predicted molar refractivity (Wildman–Crippen MR) is 110 cm³/mol. The van der Waals surface area contributed by atoms with Crippen LogP contribution in [0.15, 0.2) is 33.7 Å². The lowest BCUT2D eigenvalue weighted by molar-refractivity contribution is 0.0885. The first kappa shape index (κ1) is 20.1. The monoisotopic (exact) mass is 433 g/mol. The van der Waals surface area contributed by atoms with Gasteiger partial charge in [-0.15, -0.1) is 0 Å². The topological polar surface area (TPSA) is 48.5 Å². The fraction of sp³-hybridized carbons (Fsp3) is 0.524. The summed E-state index contributed by atoms with van der Waals surface area (Å²) in [7, 11) is 2.03. The van der Waals surface area contributed by atoms with Crippen molar-refractivity contribution in [2.24, 2.45) is 12.0 Å². The number of halogens is 1. The molecule has 6 heteroatoms. The number of rotatable bonds is 3. The van der Waals surface area contributed by atoms with E-state index in [9.17, 15) is 4.79 Å². The van der Waals surface area contributed by atoms with Gasteiger partial charge in [0.15, 0.2) is 5.49 Å². The van der Waals surface area contributed by atoms with Gasteiger partial charge in [-0.05, 0) is 47.3 Å². The van der Waals surface area contributed by atoms with Gasteiger partial charge in [0.2, 0.25) is 0 Å². The maximum Gasteiger partial charge on any atom is 0.280 e. The van der Waals surface area contributed by atoms with E-state index in [0.717, 1.165) is 35.2 Å². The molecule has 146 valence electrons. The fourth-order valence-corrected chi connectivity index (χ4v) is 3.97. The van der Waals surface area contributed by atoms with E-state index < -0.39 is 0 Å². The molecule has 3 rings (SSSR count). The summed E-state index contributed by atoms with van der Waals surface area (Å²) in [6.45, 7) is 9.99. The summed E-state index contributed by atoms with van der Waals surface area (Å²) >= 11 is 3.52. The van der Waals surface area contributed by atoms with E-state index >= 15 is 0 Å². The molecule has 0 spiro atoms. The zero-order valence-electron chi connectivity index (χ0n) is 16.8. The maximum atomic E-state index is 12.9. The molecule has 27 heavy (non-hydrogen) atoms. The Morgan fingerprint density at radius 3 is 2.74 bits per heavy atom. The minimum Gasteiger partial charge on any atom is -0.376 e. The molecule has 1 fully saturated rings. The van der Waals surface area contributed by atoms with Gasteiger partial charge in [-0.25, -0.2) is 0 Å². The van der Waals surface area contributed by atoms with Crippen molar-refractivity contribution in [3.8, 4) is 0 Å². The Balaban J connectivity index is 2.08. The van der Waals surface area contributed by atoms with E-state index in [1.807, 2.05) is 32.2 Å². The van der Waals surface area contributed by atoms with Crippen LogP contribution in [-0.2, 0) is 23.7 Å². The third-order valence-electron chi connectivity index (χ3n) is 5.05. The van der Waals surface area contributed by atoms with Crippen molar-refractivity contribution in [3.05, 3.63) is 51.0 Å². The number of aromatic nitrogens is 2. The number of carbonyl (C=O) groups excluding carboxylic acids is 1. The summed E-state index contributed by atoms with van der Waals surface area (Å²) in [5.41, 5.74) is 3.37. The van der Waals surface area contributed by atoms with E-state index in [0.29, 0.717) is 17.6 Å². The number of benzene rings is 1. The normalized spacial score (nSPS) is 18.3. The molecule has 2 aromatic rings.